The summed E-state index contributed by atoms with van der Waals surface area (Å²) >= 11 is 0. The molecule has 6 nitrogen and oxygen atoms in total. The first-order valence-corrected chi connectivity index (χ1v) is 9.55. The summed E-state index contributed by atoms with van der Waals surface area (Å²) in [5, 5.41) is 20.8. The predicted octanol–water partition coefficient (Wildman–Crippen LogP) is 4.07. The standard InChI is InChI=1S/C24H19NO5/c1-29-17-11-9-15(10-12-17)14-5-7-16(8-6-14)19-13-30-20-4-2-3-18-21(20)25(19)24(28)23(27)22(18)26/h2-12,19,26-27H,13H2,1H3. The van der Waals surface area contributed by atoms with Crippen LogP contribution in [-0.4, -0.2) is 28.5 Å². The number of aromatic hydroxyl groups is 2. The molecule has 30 heavy (non-hydrogen) atoms. The van der Waals surface area contributed by atoms with Gasteiger partial charge in [-0.3, -0.25) is 9.36 Å². The molecule has 0 amide bonds. The maximum Gasteiger partial charge on any atom is 0.297 e. The van der Waals surface area contributed by atoms with Crippen molar-refractivity contribution in [1.82, 2.24) is 4.57 Å². The molecule has 150 valence electrons. The van der Waals surface area contributed by atoms with Gasteiger partial charge in [-0.25, -0.2) is 0 Å². The average molecular weight is 401 g/mol. The fourth-order valence-electron chi connectivity index (χ4n) is 3.99. The van der Waals surface area contributed by atoms with Crippen LogP contribution in [0.15, 0.2) is 71.5 Å². The number of pyridine rings is 1. The van der Waals surface area contributed by atoms with E-state index in [-0.39, 0.29) is 6.61 Å². The summed E-state index contributed by atoms with van der Waals surface area (Å²) in [7, 11) is 1.63. The molecule has 2 heterocycles. The van der Waals surface area contributed by atoms with Gasteiger partial charge in [-0.2, -0.15) is 0 Å². The van der Waals surface area contributed by atoms with Crippen LogP contribution in [-0.2, 0) is 0 Å². The molecule has 0 spiro atoms. The van der Waals surface area contributed by atoms with Gasteiger partial charge in [-0.1, -0.05) is 42.5 Å². The summed E-state index contributed by atoms with van der Waals surface area (Å²) in [6.07, 6.45) is 0. The fraction of sp³-hybridized carbons (Fsp3) is 0.125. The van der Waals surface area contributed by atoms with Crippen molar-refractivity contribution >= 4 is 10.9 Å². The summed E-state index contributed by atoms with van der Waals surface area (Å²) in [5.41, 5.74) is 2.79. The zero-order valence-electron chi connectivity index (χ0n) is 16.2. The van der Waals surface area contributed by atoms with Crippen LogP contribution in [0.1, 0.15) is 11.6 Å². The Labute approximate surface area is 172 Å². The number of ether oxygens (including phenoxy) is 2. The molecule has 0 fully saturated rings. The van der Waals surface area contributed by atoms with Crippen LogP contribution in [0.2, 0.25) is 0 Å². The number of para-hydroxylation sites is 1. The number of hydrogen-bond donors (Lipinski definition) is 2. The first-order valence-electron chi connectivity index (χ1n) is 9.55. The molecule has 1 aliphatic rings. The minimum atomic E-state index is -0.651. The predicted molar refractivity (Wildman–Crippen MR) is 114 cm³/mol. The summed E-state index contributed by atoms with van der Waals surface area (Å²) in [6, 6.07) is 20.4. The van der Waals surface area contributed by atoms with Crippen molar-refractivity contribution in [2.24, 2.45) is 0 Å². The minimum Gasteiger partial charge on any atom is -0.504 e. The van der Waals surface area contributed by atoms with Crippen LogP contribution in [0, 0.1) is 0 Å². The number of benzene rings is 3. The Morgan fingerprint density at radius 1 is 0.933 bits per heavy atom. The molecule has 0 saturated carbocycles. The van der Waals surface area contributed by atoms with Gasteiger partial charge in [0.2, 0.25) is 5.75 Å². The fourth-order valence-corrected chi connectivity index (χ4v) is 3.99. The third kappa shape index (κ3) is 2.69. The molecule has 0 bridgehead atoms. The van der Waals surface area contributed by atoms with Gasteiger partial charge < -0.3 is 19.7 Å². The molecule has 5 rings (SSSR count). The summed E-state index contributed by atoms with van der Waals surface area (Å²) in [6.45, 7) is 0.248. The number of methoxy groups -OCH3 is 1. The summed E-state index contributed by atoms with van der Waals surface area (Å²) < 4.78 is 12.6. The van der Waals surface area contributed by atoms with Crippen molar-refractivity contribution in [1.29, 1.82) is 0 Å². The first kappa shape index (κ1) is 18.1. The van der Waals surface area contributed by atoms with E-state index in [0.29, 0.717) is 16.7 Å². The van der Waals surface area contributed by atoms with Crippen molar-refractivity contribution < 1.29 is 19.7 Å². The van der Waals surface area contributed by atoms with Gasteiger partial charge in [-0.15, -0.1) is 0 Å². The van der Waals surface area contributed by atoms with E-state index in [2.05, 4.69) is 0 Å². The highest BCUT2D eigenvalue weighted by Crippen LogP contribution is 2.40. The van der Waals surface area contributed by atoms with E-state index in [1.807, 2.05) is 48.5 Å². The molecule has 4 aromatic rings. The van der Waals surface area contributed by atoms with Crippen LogP contribution < -0.4 is 15.0 Å². The van der Waals surface area contributed by atoms with Crippen molar-refractivity contribution in [2.45, 2.75) is 6.04 Å². The minimum absolute atomic E-state index is 0.248. The number of rotatable bonds is 3. The van der Waals surface area contributed by atoms with Gasteiger partial charge in [0.15, 0.2) is 5.75 Å². The molecule has 1 aliphatic heterocycles. The SMILES string of the molecule is COc1ccc(-c2ccc(C3COc4cccc5c(O)c(O)c(=O)n3c45)cc2)cc1. The number of nitrogens with zero attached hydrogens (tertiary/aromatic N) is 1. The van der Waals surface area contributed by atoms with Gasteiger partial charge >= 0.3 is 0 Å². The highest BCUT2D eigenvalue weighted by Gasteiger charge is 2.29. The molecule has 1 unspecified atom stereocenters. The zero-order chi connectivity index (χ0) is 20.8. The largest absolute Gasteiger partial charge is 0.504 e. The average Bonchev–Trinajstić information content (AvgIpc) is 2.81. The Bertz CT molecular complexity index is 1310. The lowest BCUT2D eigenvalue weighted by Crippen LogP contribution is -2.32. The van der Waals surface area contributed by atoms with Gasteiger partial charge in [0.1, 0.15) is 18.1 Å². The highest BCUT2D eigenvalue weighted by molar-refractivity contribution is 5.92. The maximum absolute atomic E-state index is 12.8. The smallest absolute Gasteiger partial charge is 0.297 e. The van der Waals surface area contributed by atoms with E-state index in [4.69, 9.17) is 9.47 Å². The first-order chi connectivity index (χ1) is 14.6. The molecule has 2 N–H and O–H groups in total. The molecular formula is C24H19NO5. The van der Waals surface area contributed by atoms with E-state index < -0.39 is 23.1 Å². The Morgan fingerprint density at radius 3 is 2.27 bits per heavy atom. The quantitative estimate of drug-likeness (QED) is 0.541. The van der Waals surface area contributed by atoms with Gasteiger partial charge in [0.25, 0.3) is 5.56 Å². The zero-order valence-corrected chi connectivity index (χ0v) is 16.2. The Kier molecular flexibility index (Phi) is 4.13. The van der Waals surface area contributed by atoms with Gasteiger partial charge in [0, 0.05) is 5.39 Å². The number of hydrogen-bond acceptors (Lipinski definition) is 5. The van der Waals surface area contributed by atoms with Crippen molar-refractivity contribution in [3.8, 4) is 34.1 Å². The molecule has 1 atom stereocenters. The summed E-state index contributed by atoms with van der Waals surface area (Å²) in [5.74, 6) is 0.225. The molecular weight excluding hydrogens is 382 g/mol. The molecule has 0 saturated heterocycles. The number of aromatic nitrogens is 1. The van der Waals surface area contributed by atoms with Crippen LogP contribution in [0.4, 0.5) is 0 Å². The summed E-state index contributed by atoms with van der Waals surface area (Å²) in [4.78, 5) is 12.8. The highest BCUT2D eigenvalue weighted by atomic mass is 16.5. The Balaban J connectivity index is 1.60. The van der Waals surface area contributed by atoms with E-state index in [9.17, 15) is 15.0 Å². The lowest BCUT2D eigenvalue weighted by atomic mass is 9.99. The Morgan fingerprint density at radius 2 is 1.60 bits per heavy atom. The van der Waals surface area contributed by atoms with E-state index in [1.165, 1.54) is 4.57 Å². The second-order valence-electron chi connectivity index (χ2n) is 7.20. The van der Waals surface area contributed by atoms with E-state index >= 15 is 0 Å². The van der Waals surface area contributed by atoms with E-state index in [0.717, 1.165) is 22.4 Å². The molecule has 0 radical (unpaired) electrons. The van der Waals surface area contributed by atoms with Crippen LogP contribution in [0.5, 0.6) is 23.0 Å². The molecule has 6 heteroatoms. The van der Waals surface area contributed by atoms with Gasteiger partial charge in [-0.05, 0) is 41.0 Å². The Hall–Kier alpha value is -3.93. The second-order valence-corrected chi connectivity index (χ2v) is 7.20. The molecule has 3 aromatic carbocycles. The van der Waals surface area contributed by atoms with E-state index in [1.54, 1.807) is 25.3 Å². The maximum atomic E-state index is 12.8. The van der Waals surface area contributed by atoms with Gasteiger partial charge in [0.05, 0.1) is 18.7 Å². The second kappa shape index (κ2) is 6.84. The van der Waals surface area contributed by atoms with Crippen molar-refractivity contribution in [2.75, 3.05) is 13.7 Å². The van der Waals surface area contributed by atoms with Crippen LogP contribution in [0.25, 0.3) is 22.0 Å². The lowest BCUT2D eigenvalue weighted by Gasteiger charge is -2.29. The third-order valence-corrected chi connectivity index (χ3v) is 5.57. The topological polar surface area (TPSA) is 80.9 Å². The monoisotopic (exact) mass is 401 g/mol. The van der Waals surface area contributed by atoms with Crippen LogP contribution in [0.3, 0.4) is 0 Å². The van der Waals surface area contributed by atoms with Crippen molar-refractivity contribution in [3.63, 3.8) is 0 Å². The normalized spacial score (nSPS) is 15.0. The van der Waals surface area contributed by atoms with Crippen molar-refractivity contribution in [3.05, 3.63) is 82.6 Å². The van der Waals surface area contributed by atoms with Crippen LogP contribution >= 0.6 is 0 Å². The molecule has 1 aromatic heterocycles. The third-order valence-electron chi connectivity index (χ3n) is 5.57. The lowest BCUT2D eigenvalue weighted by molar-refractivity contribution is 0.253. The molecule has 0 aliphatic carbocycles.